The van der Waals surface area contributed by atoms with Crippen molar-refractivity contribution < 1.29 is 18.3 Å². The number of hydrogen-bond acceptors (Lipinski definition) is 2. The lowest BCUT2D eigenvalue weighted by Crippen LogP contribution is -2.55. The van der Waals surface area contributed by atoms with Gasteiger partial charge in [-0.15, -0.1) is 0 Å². The number of rotatable bonds is 2. The molecule has 0 aliphatic rings. The molecule has 0 aromatic heterocycles. The zero-order chi connectivity index (χ0) is 11.7. The molecule has 15 heavy (non-hydrogen) atoms. The second kappa shape index (κ2) is 3.83. The van der Waals surface area contributed by atoms with Crippen LogP contribution in [-0.2, 0) is 0 Å². The van der Waals surface area contributed by atoms with Crippen molar-refractivity contribution in [2.45, 2.75) is 24.7 Å². The molecule has 0 radical (unpaired) electrons. The molecule has 0 spiro atoms. The van der Waals surface area contributed by atoms with Crippen LogP contribution in [-0.4, -0.2) is 16.8 Å². The summed E-state index contributed by atoms with van der Waals surface area (Å²) in [5.74, 6) is 0. The minimum atomic E-state index is -4.65. The fraction of sp³-hybridized carbons (Fsp3) is 0.400. The van der Waals surface area contributed by atoms with Crippen LogP contribution >= 0.6 is 0 Å². The molecule has 1 aromatic carbocycles. The monoisotopic (exact) mass is 219 g/mol. The van der Waals surface area contributed by atoms with E-state index in [0.29, 0.717) is 0 Å². The van der Waals surface area contributed by atoms with Crippen LogP contribution in [0.25, 0.3) is 0 Å². The lowest BCUT2D eigenvalue weighted by molar-refractivity contribution is -0.207. The molecule has 0 aliphatic heterocycles. The molecule has 84 valence electrons. The third-order valence-electron chi connectivity index (χ3n) is 2.29. The fourth-order valence-corrected chi connectivity index (χ4v) is 1.14. The summed E-state index contributed by atoms with van der Waals surface area (Å²) in [7, 11) is 0. The van der Waals surface area contributed by atoms with E-state index in [1.165, 1.54) is 12.1 Å². The first-order valence-electron chi connectivity index (χ1n) is 4.35. The van der Waals surface area contributed by atoms with Crippen molar-refractivity contribution >= 4 is 0 Å². The third-order valence-corrected chi connectivity index (χ3v) is 2.29. The Morgan fingerprint density at radius 3 is 2.07 bits per heavy atom. The number of benzene rings is 1. The van der Waals surface area contributed by atoms with E-state index in [4.69, 9.17) is 5.73 Å². The molecule has 1 rings (SSSR count). The van der Waals surface area contributed by atoms with Crippen LogP contribution in [0.2, 0.25) is 0 Å². The predicted molar refractivity (Wildman–Crippen MR) is 50.0 cm³/mol. The Labute approximate surface area is 85.5 Å². The van der Waals surface area contributed by atoms with Crippen LogP contribution in [0.1, 0.15) is 18.6 Å². The van der Waals surface area contributed by atoms with E-state index < -0.39 is 17.8 Å². The van der Waals surface area contributed by atoms with Gasteiger partial charge in [0.1, 0.15) is 11.6 Å². The van der Waals surface area contributed by atoms with Gasteiger partial charge in [-0.3, -0.25) is 0 Å². The lowest BCUT2D eigenvalue weighted by Gasteiger charge is -2.32. The summed E-state index contributed by atoms with van der Waals surface area (Å²) in [4.78, 5) is 0. The molecule has 5 heteroatoms. The molecule has 2 atom stereocenters. The van der Waals surface area contributed by atoms with Gasteiger partial charge in [-0.05, 0) is 12.5 Å². The largest absolute Gasteiger partial charge is 0.408 e. The van der Waals surface area contributed by atoms with Gasteiger partial charge in [-0.25, -0.2) is 0 Å². The van der Waals surface area contributed by atoms with Crippen LogP contribution in [0.4, 0.5) is 13.2 Å². The molecule has 2 nitrogen and oxygen atoms in total. The maximum Gasteiger partial charge on any atom is 0.408 e. The van der Waals surface area contributed by atoms with Crippen molar-refractivity contribution in [3.63, 3.8) is 0 Å². The van der Waals surface area contributed by atoms with E-state index in [9.17, 15) is 18.3 Å². The van der Waals surface area contributed by atoms with Gasteiger partial charge >= 0.3 is 6.18 Å². The first-order chi connectivity index (χ1) is 6.77. The molecule has 0 saturated heterocycles. The molecular weight excluding hydrogens is 207 g/mol. The van der Waals surface area contributed by atoms with Crippen LogP contribution in [0, 0.1) is 0 Å². The summed E-state index contributed by atoms with van der Waals surface area (Å²) in [6, 6.07) is 7.55. The van der Waals surface area contributed by atoms with E-state index in [1.54, 1.807) is 18.2 Å². The standard InChI is InChI=1S/C10H12F3NO/c1-9(14,10(11,12)13)8(15)7-5-3-2-4-6-7/h2-6,8,15H,14H2,1H3/t8-,9+/m1/s1. The van der Waals surface area contributed by atoms with E-state index in [-0.39, 0.29) is 5.56 Å². The van der Waals surface area contributed by atoms with E-state index in [2.05, 4.69) is 0 Å². The number of aliphatic hydroxyl groups is 1. The third kappa shape index (κ3) is 2.30. The van der Waals surface area contributed by atoms with Gasteiger partial charge < -0.3 is 10.8 Å². The minimum absolute atomic E-state index is 0.153. The Bertz CT molecular complexity index is 321. The Morgan fingerprint density at radius 2 is 1.67 bits per heavy atom. The first kappa shape index (κ1) is 12.0. The smallest absolute Gasteiger partial charge is 0.386 e. The zero-order valence-electron chi connectivity index (χ0n) is 8.12. The molecule has 0 unspecified atom stereocenters. The average Bonchev–Trinajstić information content (AvgIpc) is 2.16. The molecule has 0 amide bonds. The highest BCUT2D eigenvalue weighted by molar-refractivity contribution is 5.21. The molecule has 0 heterocycles. The number of aliphatic hydroxyl groups excluding tert-OH is 1. The van der Waals surface area contributed by atoms with Crippen LogP contribution in [0.5, 0.6) is 0 Å². The van der Waals surface area contributed by atoms with Gasteiger partial charge in [0.15, 0.2) is 0 Å². The van der Waals surface area contributed by atoms with Gasteiger partial charge in [0.05, 0.1) is 0 Å². The van der Waals surface area contributed by atoms with Crippen molar-refractivity contribution in [2.24, 2.45) is 5.73 Å². The van der Waals surface area contributed by atoms with Crippen LogP contribution in [0.3, 0.4) is 0 Å². The highest BCUT2D eigenvalue weighted by atomic mass is 19.4. The SMILES string of the molecule is C[C@](N)([C@H](O)c1ccccc1)C(F)(F)F. The zero-order valence-corrected chi connectivity index (χ0v) is 8.12. The highest BCUT2D eigenvalue weighted by Gasteiger charge is 2.53. The van der Waals surface area contributed by atoms with E-state index in [1.807, 2.05) is 0 Å². The first-order valence-corrected chi connectivity index (χ1v) is 4.35. The normalized spacial score (nSPS) is 18.3. The van der Waals surface area contributed by atoms with Crippen molar-refractivity contribution in [2.75, 3.05) is 0 Å². The quantitative estimate of drug-likeness (QED) is 0.799. The van der Waals surface area contributed by atoms with Crippen LogP contribution in [0.15, 0.2) is 30.3 Å². The van der Waals surface area contributed by atoms with Crippen molar-refractivity contribution in [1.29, 1.82) is 0 Å². The number of nitrogens with two attached hydrogens (primary N) is 1. The molecule has 0 bridgehead atoms. The van der Waals surface area contributed by atoms with Crippen molar-refractivity contribution in [3.8, 4) is 0 Å². The number of hydrogen-bond donors (Lipinski definition) is 2. The topological polar surface area (TPSA) is 46.2 Å². The second-order valence-corrected chi connectivity index (χ2v) is 3.59. The molecule has 3 N–H and O–H groups in total. The van der Waals surface area contributed by atoms with Gasteiger partial charge in [0, 0.05) is 0 Å². The van der Waals surface area contributed by atoms with Gasteiger partial charge in [0.2, 0.25) is 0 Å². The fourth-order valence-electron chi connectivity index (χ4n) is 1.14. The Balaban J connectivity index is 3.00. The van der Waals surface area contributed by atoms with Gasteiger partial charge in [0.25, 0.3) is 0 Å². The lowest BCUT2D eigenvalue weighted by atomic mass is 9.90. The number of alkyl halides is 3. The van der Waals surface area contributed by atoms with E-state index in [0.717, 1.165) is 6.92 Å². The molecule has 0 saturated carbocycles. The van der Waals surface area contributed by atoms with Gasteiger partial charge in [-0.2, -0.15) is 13.2 Å². The van der Waals surface area contributed by atoms with Crippen molar-refractivity contribution in [1.82, 2.24) is 0 Å². The molecule has 1 aromatic rings. The summed E-state index contributed by atoms with van der Waals surface area (Å²) >= 11 is 0. The Morgan fingerprint density at radius 1 is 1.20 bits per heavy atom. The second-order valence-electron chi connectivity index (χ2n) is 3.59. The van der Waals surface area contributed by atoms with Crippen molar-refractivity contribution in [3.05, 3.63) is 35.9 Å². The van der Waals surface area contributed by atoms with Crippen LogP contribution < -0.4 is 5.73 Å². The summed E-state index contributed by atoms with van der Waals surface area (Å²) in [6.07, 6.45) is -6.42. The number of halogens is 3. The van der Waals surface area contributed by atoms with Gasteiger partial charge in [-0.1, -0.05) is 30.3 Å². The maximum atomic E-state index is 12.5. The Kier molecular flexibility index (Phi) is 3.06. The maximum absolute atomic E-state index is 12.5. The molecular formula is C10H12F3NO. The molecule has 0 fully saturated rings. The summed E-state index contributed by atoms with van der Waals surface area (Å²) in [5, 5.41) is 9.54. The average molecular weight is 219 g/mol. The highest BCUT2D eigenvalue weighted by Crippen LogP contribution is 2.37. The summed E-state index contributed by atoms with van der Waals surface area (Å²) in [6.45, 7) is 0.769. The van der Waals surface area contributed by atoms with E-state index >= 15 is 0 Å². The molecule has 0 aliphatic carbocycles. The predicted octanol–water partition coefficient (Wildman–Crippen LogP) is 2.00. The minimum Gasteiger partial charge on any atom is -0.386 e. The summed E-state index contributed by atoms with van der Waals surface area (Å²) < 4.78 is 37.5. The Hall–Kier alpha value is -1.07. The summed E-state index contributed by atoms with van der Waals surface area (Å²) in [5.41, 5.74) is 2.60.